The highest BCUT2D eigenvalue weighted by atomic mass is 31.2. The Bertz CT molecular complexity index is 153. The monoisotopic (exact) mass is 164 g/mol. The molecule has 4 heteroatoms. The highest BCUT2D eigenvalue weighted by Crippen LogP contribution is 2.40. The van der Waals surface area contributed by atoms with E-state index in [1.807, 2.05) is 6.92 Å². The highest BCUT2D eigenvalue weighted by Gasteiger charge is 2.13. The van der Waals surface area contributed by atoms with Crippen molar-refractivity contribution in [2.24, 2.45) is 0 Å². The zero-order chi connectivity index (χ0) is 8.04. The summed E-state index contributed by atoms with van der Waals surface area (Å²) in [5.74, 6) is 0. The summed E-state index contributed by atoms with van der Waals surface area (Å²) in [4.78, 5) is 8.85. The molecule has 0 spiro atoms. The van der Waals surface area contributed by atoms with Crippen LogP contribution < -0.4 is 0 Å². The molecule has 0 saturated heterocycles. The zero-order valence-electron chi connectivity index (χ0n) is 6.28. The van der Waals surface area contributed by atoms with Gasteiger partial charge in [-0.2, -0.15) is 0 Å². The van der Waals surface area contributed by atoms with E-state index in [-0.39, 0.29) is 12.8 Å². The van der Waals surface area contributed by atoms with E-state index in [9.17, 15) is 4.57 Å². The van der Waals surface area contributed by atoms with E-state index in [4.69, 9.17) is 4.89 Å². The van der Waals surface area contributed by atoms with Gasteiger partial charge < -0.3 is 9.42 Å². The maximum absolute atomic E-state index is 10.8. The average Bonchev–Trinajstić information content (AvgIpc) is 1.89. The molecule has 0 fully saturated rings. The van der Waals surface area contributed by atoms with Crippen LogP contribution in [0.4, 0.5) is 0 Å². The molecule has 0 aliphatic rings. The predicted molar refractivity (Wildman–Crippen MR) is 41.1 cm³/mol. The van der Waals surface area contributed by atoms with Crippen molar-refractivity contribution >= 4 is 7.60 Å². The topological polar surface area (TPSA) is 46.5 Å². The molecule has 10 heavy (non-hydrogen) atoms. The van der Waals surface area contributed by atoms with Crippen LogP contribution in [-0.4, -0.2) is 17.7 Å². The van der Waals surface area contributed by atoms with E-state index in [0.717, 1.165) is 0 Å². The van der Waals surface area contributed by atoms with Crippen molar-refractivity contribution in [2.45, 2.75) is 13.8 Å². The van der Waals surface area contributed by atoms with Gasteiger partial charge in [0.25, 0.3) is 0 Å². The van der Waals surface area contributed by atoms with Crippen LogP contribution in [-0.2, 0) is 9.09 Å². The molecule has 1 atom stereocenters. The SMILES string of the molecule is CC=CCOP(=O)(O)CC. The second-order valence-electron chi connectivity index (χ2n) is 1.82. The van der Waals surface area contributed by atoms with Gasteiger partial charge >= 0.3 is 7.60 Å². The fourth-order valence-corrected chi connectivity index (χ4v) is 0.849. The lowest BCUT2D eigenvalue weighted by atomic mass is 10.6. The van der Waals surface area contributed by atoms with Gasteiger partial charge in [-0.05, 0) is 6.92 Å². The van der Waals surface area contributed by atoms with Crippen molar-refractivity contribution in [2.75, 3.05) is 12.8 Å². The first kappa shape index (κ1) is 9.89. The summed E-state index contributed by atoms with van der Waals surface area (Å²) >= 11 is 0. The minimum Gasteiger partial charge on any atom is -0.324 e. The van der Waals surface area contributed by atoms with Gasteiger partial charge in [-0.25, -0.2) is 0 Å². The molecule has 0 amide bonds. The Morgan fingerprint density at radius 1 is 1.70 bits per heavy atom. The first-order valence-corrected chi connectivity index (χ1v) is 4.96. The highest BCUT2D eigenvalue weighted by molar-refractivity contribution is 7.52. The van der Waals surface area contributed by atoms with Crippen LogP contribution in [0.3, 0.4) is 0 Å². The van der Waals surface area contributed by atoms with E-state index in [1.54, 1.807) is 19.1 Å². The van der Waals surface area contributed by atoms with Gasteiger partial charge in [0.15, 0.2) is 0 Å². The molecule has 0 aromatic carbocycles. The normalized spacial score (nSPS) is 17.5. The molecule has 0 saturated carbocycles. The first-order valence-electron chi connectivity index (χ1n) is 3.20. The van der Waals surface area contributed by atoms with Gasteiger partial charge in [-0.1, -0.05) is 19.1 Å². The Kier molecular flexibility index (Phi) is 4.62. The Balaban J connectivity index is 3.57. The zero-order valence-corrected chi connectivity index (χ0v) is 7.17. The van der Waals surface area contributed by atoms with Gasteiger partial charge in [-0.3, -0.25) is 4.57 Å². The molecular formula is C6H13O3P. The fraction of sp³-hybridized carbons (Fsp3) is 0.667. The van der Waals surface area contributed by atoms with E-state index < -0.39 is 7.60 Å². The molecule has 60 valence electrons. The standard InChI is InChI=1S/C6H13O3P/c1-3-5-6-9-10(7,8)4-2/h3,5H,4,6H2,1-2H3,(H,7,8). The molecule has 1 N–H and O–H groups in total. The van der Waals surface area contributed by atoms with Gasteiger partial charge in [0, 0.05) is 6.16 Å². The molecule has 0 aliphatic heterocycles. The quantitative estimate of drug-likeness (QED) is 0.509. The maximum Gasteiger partial charge on any atom is 0.328 e. The second-order valence-corrected chi connectivity index (χ2v) is 3.98. The molecule has 0 heterocycles. The third-order valence-electron chi connectivity index (χ3n) is 1.01. The molecule has 0 bridgehead atoms. The second kappa shape index (κ2) is 4.67. The predicted octanol–water partition coefficient (Wildman–Crippen LogP) is 1.78. The van der Waals surface area contributed by atoms with Crippen LogP contribution in [0.15, 0.2) is 12.2 Å². The average molecular weight is 164 g/mol. The van der Waals surface area contributed by atoms with E-state index >= 15 is 0 Å². The van der Waals surface area contributed by atoms with Gasteiger partial charge in [-0.15, -0.1) is 0 Å². The molecule has 0 aliphatic carbocycles. The summed E-state index contributed by atoms with van der Waals surface area (Å²) in [6.45, 7) is 3.67. The summed E-state index contributed by atoms with van der Waals surface area (Å²) < 4.78 is 15.4. The van der Waals surface area contributed by atoms with E-state index in [0.29, 0.717) is 0 Å². The minimum absolute atomic E-state index is 0.171. The van der Waals surface area contributed by atoms with Crippen molar-refractivity contribution in [3.8, 4) is 0 Å². The molecule has 0 radical (unpaired) electrons. The van der Waals surface area contributed by atoms with Crippen LogP contribution in [0.25, 0.3) is 0 Å². The molecule has 3 nitrogen and oxygen atoms in total. The van der Waals surface area contributed by atoms with Crippen molar-refractivity contribution in [3.63, 3.8) is 0 Å². The Morgan fingerprint density at radius 2 is 2.30 bits per heavy atom. The molecule has 0 aromatic heterocycles. The van der Waals surface area contributed by atoms with Crippen LogP contribution in [0, 0.1) is 0 Å². The first-order chi connectivity index (χ1) is 4.62. The van der Waals surface area contributed by atoms with Gasteiger partial charge in [0.2, 0.25) is 0 Å². The van der Waals surface area contributed by atoms with Crippen molar-refractivity contribution in [3.05, 3.63) is 12.2 Å². The summed E-state index contributed by atoms with van der Waals surface area (Å²) in [6, 6.07) is 0. The van der Waals surface area contributed by atoms with Crippen molar-refractivity contribution in [1.29, 1.82) is 0 Å². The summed E-state index contributed by atoms with van der Waals surface area (Å²) in [7, 11) is -3.25. The number of hydrogen-bond acceptors (Lipinski definition) is 2. The third-order valence-corrected chi connectivity index (χ3v) is 2.36. The van der Waals surface area contributed by atoms with E-state index in [2.05, 4.69) is 4.52 Å². The van der Waals surface area contributed by atoms with E-state index in [1.165, 1.54) is 0 Å². The van der Waals surface area contributed by atoms with Crippen LogP contribution in [0.1, 0.15) is 13.8 Å². The van der Waals surface area contributed by atoms with Gasteiger partial charge in [0.1, 0.15) is 0 Å². The Labute approximate surface area is 61.2 Å². The van der Waals surface area contributed by atoms with Crippen LogP contribution >= 0.6 is 7.60 Å². The minimum atomic E-state index is -3.25. The largest absolute Gasteiger partial charge is 0.328 e. The summed E-state index contributed by atoms with van der Waals surface area (Å²) in [5, 5.41) is 0. The fourth-order valence-electron chi connectivity index (χ4n) is 0.347. The van der Waals surface area contributed by atoms with Crippen molar-refractivity contribution in [1.82, 2.24) is 0 Å². The Hall–Kier alpha value is -0.110. The number of rotatable bonds is 4. The summed E-state index contributed by atoms with van der Waals surface area (Å²) in [5.41, 5.74) is 0. The van der Waals surface area contributed by atoms with Crippen LogP contribution in [0.5, 0.6) is 0 Å². The lowest BCUT2D eigenvalue weighted by Crippen LogP contribution is -1.91. The lowest BCUT2D eigenvalue weighted by molar-refractivity contribution is 0.288. The Morgan fingerprint density at radius 3 is 2.70 bits per heavy atom. The molecule has 1 unspecified atom stereocenters. The third kappa shape index (κ3) is 4.74. The van der Waals surface area contributed by atoms with Gasteiger partial charge in [0.05, 0.1) is 6.61 Å². The molecular weight excluding hydrogens is 151 g/mol. The summed E-state index contributed by atoms with van der Waals surface area (Å²) in [6.07, 6.45) is 3.64. The molecule has 0 rings (SSSR count). The smallest absolute Gasteiger partial charge is 0.324 e. The number of allylic oxidation sites excluding steroid dienone is 1. The number of hydrogen-bond donors (Lipinski definition) is 1. The maximum atomic E-state index is 10.8. The lowest BCUT2D eigenvalue weighted by Gasteiger charge is -2.06. The van der Waals surface area contributed by atoms with Crippen LogP contribution in [0.2, 0.25) is 0 Å². The van der Waals surface area contributed by atoms with Crippen molar-refractivity contribution < 1.29 is 14.0 Å². The molecule has 0 aromatic rings.